The van der Waals surface area contributed by atoms with Gasteiger partial charge in [0.1, 0.15) is 23.3 Å². The summed E-state index contributed by atoms with van der Waals surface area (Å²) in [7, 11) is 0. The minimum atomic E-state index is -0.231. The van der Waals surface area contributed by atoms with Crippen molar-refractivity contribution < 1.29 is 4.39 Å². The average molecular weight is 371 g/mol. The zero-order chi connectivity index (χ0) is 18.4. The molecule has 0 bridgehead atoms. The van der Waals surface area contributed by atoms with Gasteiger partial charge < -0.3 is 10.6 Å². The number of anilines is 2. The summed E-state index contributed by atoms with van der Waals surface area (Å²) in [5.41, 5.74) is 1.76. The molecule has 0 fully saturated rings. The Kier molecular flexibility index (Phi) is 6.02. The summed E-state index contributed by atoms with van der Waals surface area (Å²) < 4.78 is 13.7. The molecular formula is C20H20ClFN4. The van der Waals surface area contributed by atoms with Gasteiger partial charge in [-0.2, -0.15) is 0 Å². The number of halogens is 2. The van der Waals surface area contributed by atoms with E-state index in [1.54, 1.807) is 12.1 Å². The topological polar surface area (TPSA) is 49.8 Å². The molecule has 0 unspecified atom stereocenters. The van der Waals surface area contributed by atoms with Crippen LogP contribution in [0, 0.1) is 12.7 Å². The fourth-order valence-electron chi connectivity index (χ4n) is 2.60. The Bertz CT molecular complexity index is 885. The molecule has 0 spiro atoms. The van der Waals surface area contributed by atoms with Crippen molar-refractivity contribution in [3.8, 4) is 0 Å². The van der Waals surface area contributed by atoms with Gasteiger partial charge in [-0.05, 0) is 37.1 Å². The lowest BCUT2D eigenvalue weighted by molar-refractivity contribution is 0.613. The molecule has 0 aliphatic heterocycles. The molecule has 0 saturated heterocycles. The first-order valence-corrected chi connectivity index (χ1v) is 8.79. The normalized spacial score (nSPS) is 10.6. The highest BCUT2D eigenvalue weighted by atomic mass is 35.5. The van der Waals surface area contributed by atoms with E-state index >= 15 is 0 Å². The quantitative estimate of drug-likeness (QED) is 0.624. The van der Waals surface area contributed by atoms with Gasteiger partial charge in [0.2, 0.25) is 0 Å². The number of aromatic nitrogens is 2. The summed E-state index contributed by atoms with van der Waals surface area (Å²) in [4.78, 5) is 8.75. The van der Waals surface area contributed by atoms with Gasteiger partial charge in [-0.15, -0.1) is 0 Å². The standard InChI is InChI=1S/C20H20ClFN4/c1-14-25-19(23-10-9-15-5-4-7-17(21)11-15)12-20(26-14)24-13-16-6-2-3-8-18(16)22/h2-8,11-12H,9-10,13H2,1H3,(H2,23,24,25,26). The number of nitrogens with zero attached hydrogens (tertiary/aromatic N) is 2. The lowest BCUT2D eigenvalue weighted by Gasteiger charge is -2.11. The first-order valence-electron chi connectivity index (χ1n) is 8.41. The van der Waals surface area contributed by atoms with Crippen molar-refractivity contribution in [2.75, 3.05) is 17.2 Å². The lowest BCUT2D eigenvalue weighted by atomic mass is 10.1. The van der Waals surface area contributed by atoms with Crippen LogP contribution in [0.4, 0.5) is 16.0 Å². The Labute approximate surface area is 157 Å². The van der Waals surface area contributed by atoms with E-state index < -0.39 is 0 Å². The second kappa shape index (κ2) is 8.63. The first-order chi connectivity index (χ1) is 12.6. The number of rotatable bonds is 7. The van der Waals surface area contributed by atoms with Gasteiger partial charge in [-0.1, -0.05) is 41.9 Å². The molecule has 0 amide bonds. The Hall–Kier alpha value is -2.66. The summed E-state index contributed by atoms with van der Waals surface area (Å²) in [6, 6.07) is 16.3. The summed E-state index contributed by atoms with van der Waals surface area (Å²) in [6.07, 6.45) is 0.835. The van der Waals surface area contributed by atoms with Crippen molar-refractivity contribution >= 4 is 23.2 Å². The van der Waals surface area contributed by atoms with Crippen LogP contribution in [0.25, 0.3) is 0 Å². The van der Waals surface area contributed by atoms with E-state index in [-0.39, 0.29) is 5.82 Å². The zero-order valence-corrected chi connectivity index (χ0v) is 15.2. The molecule has 6 heteroatoms. The first kappa shape index (κ1) is 18.1. The molecule has 3 rings (SSSR count). The molecule has 0 aliphatic carbocycles. The van der Waals surface area contributed by atoms with E-state index in [1.807, 2.05) is 43.3 Å². The summed E-state index contributed by atoms with van der Waals surface area (Å²) in [5.74, 6) is 1.81. The predicted octanol–water partition coefficient (Wildman–Crippen LogP) is 4.84. The van der Waals surface area contributed by atoms with Crippen LogP contribution in [0.3, 0.4) is 0 Å². The van der Waals surface area contributed by atoms with Gasteiger partial charge in [0.15, 0.2) is 0 Å². The van der Waals surface area contributed by atoms with Crippen LogP contribution in [0.1, 0.15) is 17.0 Å². The van der Waals surface area contributed by atoms with Crippen molar-refractivity contribution in [3.63, 3.8) is 0 Å². The van der Waals surface area contributed by atoms with Gasteiger partial charge in [-0.25, -0.2) is 14.4 Å². The molecule has 1 heterocycles. The van der Waals surface area contributed by atoms with E-state index in [0.717, 1.165) is 29.4 Å². The summed E-state index contributed by atoms with van der Waals surface area (Å²) >= 11 is 6.00. The minimum Gasteiger partial charge on any atom is -0.370 e. The highest BCUT2D eigenvalue weighted by Gasteiger charge is 2.04. The average Bonchev–Trinajstić information content (AvgIpc) is 2.61. The SMILES string of the molecule is Cc1nc(NCCc2cccc(Cl)c2)cc(NCc2ccccc2F)n1. The molecule has 0 radical (unpaired) electrons. The number of aryl methyl sites for hydroxylation is 1. The number of nitrogens with one attached hydrogen (secondary N) is 2. The Morgan fingerprint density at radius 3 is 2.50 bits per heavy atom. The smallest absolute Gasteiger partial charge is 0.132 e. The Morgan fingerprint density at radius 2 is 1.73 bits per heavy atom. The van der Waals surface area contributed by atoms with Crippen molar-refractivity contribution in [2.24, 2.45) is 0 Å². The van der Waals surface area contributed by atoms with Crippen LogP contribution in [0.5, 0.6) is 0 Å². The monoisotopic (exact) mass is 370 g/mol. The van der Waals surface area contributed by atoms with Crippen LogP contribution in [-0.2, 0) is 13.0 Å². The van der Waals surface area contributed by atoms with Crippen LogP contribution in [0.15, 0.2) is 54.6 Å². The fraction of sp³-hybridized carbons (Fsp3) is 0.200. The third-order valence-corrected chi connectivity index (χ3v) is 4.10. The van der Waals surface area contributed by atoms with Crippen LogP contribution >= 0.6 is 11.6 Å². The maximum atomic E-state index is 13.7. The van der Waals surface area contributed by atoms with E-state index in [0.29, 0.717) is 23.8 Å². The van der Waals surface area contributed by atoms with Gasteiger partial charge in [0.25, 0.3) is 0 Å². The second-order valence-electron chi connectivity index (χ2n) is 5.94. The number of hydrogen-bond acceptors (Lipinski definition) is 4. The minimum absolute atomic E-state index is 0.231. The highest BCUT2D eigenvalue weighted by Crippen LogP contribution is 2.15. The molecule has 0 atom stereocenters. The Balaban J connectivity index is 1.59. The van der Waals surface area contributed by atoms with Crippen molar-refractivity contribution in [1.82, 2.24) is 9.97 Å². The number of hydrogen-bond donors (Lipinski definition) is 2. The molecule has 2 N–H and O–H groups in total. The summed E-state index contributed by atoms with van der Waals surface area (Å²) in [5, 5.41) is 7.18. The van der Waals surface area contributed by atoms with Crippen LogP contribution < -0.4 is 10.6 Å². The Morgan fingerprint density at radius 1 is 0.962 bits per heavy atom. The molecule has 3 aromatic rings. The molecule has 26 heavy (non-hydrogen) atoms. The third-order valence-electron chi connectivity index (χ3n) is 3.86. The van der Waals surface area contributed by atoms with E-state index in [1.165, 1.54) is 6.07 Å². The van der Waals surface area contributed by atoms with Crippen molar-refractivity contribution in [2.45, 2.75) is 19.9 Å². The molecule has 4 nitrogen and oxygen atoms in total. The van der Waals surface area contributed by atoms with Gasteiger partial charge in [-0.3, -0.25) is 0 Å². The lowest BCUT2D eigenvalue weighted by Crippen LogP contribution is -2.10. The molecule has 2 aromatic carbocycles. The molecular weight excluding hydrogens is 351 g/mol. The van der Waals surface area contributed by atoms with Crippen LogP contribution in [0.2, 0.25) is 5.02 Å². The predicted molar refractivity (Wildman–Crippen MR) is 104 cm³/mol. The van der Waals surface area contributed by atoms with Crippen LogP contribution in [-0.4, -0.2) is 16.5 Å². The maximum absolute atomic E-state index is 13.7. The third kappa shape index (κ3) is 5.17. The van der Waals surface area contributed by atoms with Gasteiger partial charge >= 0.3 is 0 Å². The van der Waals surface area contributed by atoms with Gasteiger partial charge in [0.05, 0.1) is 0 Å². The van der Waals surface area contributed by atoms with E-state index in [4.69, 9.17) is 11.6 Å². The fourth-order valence-corrected chi connectivity index (χ4v) is 2.82. The van der Waals surface area contributed by atoms with E-state index in [9.17, 15) is 4.39 Å². The van der Waals surface area contributed by atoms with Crippen molar-refractivity contribution in [3.05, 3.63) is 82.4 Å². The van der Waals surface area contributed by atoms with E-state index in [2.05, 4.69) is 20.6 Å². The zero-order valence-electron chi connectivity index (χ0n) is 14.5. The molecule has 0 saturated carbocycles. The molecule has 134 valence electrons. The van der Waals surface area contributed by atoms with Crippen molar-refractivity contribution in [1.29, 1.82) is 0 Å². The second-order valence-corrected chi connectivity index (χ2v) is 6.37. The molecule has 0 aliphatic rings. The largest absolute Gasteiger partial charge is 0.370 e. The maximum Gasteiger partial charge on any atom is 0.132 e. The molecule has 1 aromatic heterocycles. The number of benzene rings is 2. The highest BCUT2D eigenvalue weighted by molar-refractivity contribution is 6.30. The van der Waals surface area contributed by atoms with Gasteiger partial charge in [0, 0.05) is 29.7 Å². The summed E-state index contributed by atoms with van der Waals surface area (Å²) in [6.45, 7) is 2.92.